The van der Waals surface area contributed by atoms with Crippen molar-refractivity contribution in [1.29, 1.82) is 0 Å². The monoisotopic (exact) mass is 350 g/mol. The summed E-state index contributed by atoms with van der Waals surface area (Å²) in [5.74, 6) is 0.912. The molecule has 1 aromatic carbocycles. The zero-order chi connectivity index (χ0) is 13.4. The van der Waals surface area contributed by atoms with Crippen LogP contribution in [0.1, 0.15) is 31.2 Å². The number of alkyl halides is 1. The lowest BCUT2D eigenvalue weighted by molar-refractivity contribution is 0.0511. The highest BCUT2D eigenvalue weighted by atomic mass is 79.9. The highest BCUT2D eigenvalue weighted by Gasteiger charge is 2.41. The summed E-state index contributed by atoms with van der Waals surface area (Å²) in [5, 5.41) is 1.38. The smallest absolute Gasteiger partial charge is 0.0596 e. The van der Waals surface area contributed by atoms with Gasteiger partial charge in [0.05, 0.1) is 12.2 Å². The molecule has 0 amide bonds. The van der Waals surface area contributed by atoms with Crippen LogP contribution < -0.4 is 0 Å². The van der Waals surface area contributed by atoms with E-state index in [2.05, 4.69) is 36.7 Å². The largest absolute Gasteiger partial charge is 0.375 e. The Hall–Kier alpha value is 0.240. The van der Waals surface area contributed by atoms with Gasteiger partial charge in [-0.05, 0) is 37.5 Å². The van der Waals surface area contributed by atoms with Gasteiger partial charge in [-0.2, -0.15) is 0 Å². The van der Waals surface area contributed by atoms with E-state index in [1.807, 2.05) is 12.1 Å². The minimum absolute atomic E-state index is 0.192. The summed E-state index contributed by atoms with van der Waals surface area (Å²) in [6, 6.07) is 5.67. The van der Waals surface area contributed by atoms with Gasteiger partial charge in [0.1, 0.15) is 0 Å². The molecule has 0 radical (unpaired) electrons. The Morgan fingerprint density at radius 3 is 2.33 bits per heavy atom. The number of halogens is 3. The maximum absolute atomic E-state index is 6.28. The van der Waals surface area contributed by atoms with Gasteiger partial charge in [0.25, 0.3) is 0 Å². The summed E-state index contributed by atoms with van der Waals surface area (Å²) in [6.45, 7) is 6.49. The maximum Gasteiger partial charge on any atom is 0.0596 e. The summed E-state index contributed by atoms with van der Waals surface area (Å²) in [4.78, 5) is 0.192. The predicted octanol–water partition coefficient (Wildman–Crippen LogP) is 5.49. The Labute approximate surface area is 127 Å². The Kier molecular flexibility index (Phi) is 4.64. The SMILES string of the molecule is CC1OC(C)C(C(Br)c2ccc(Cl)cc2Cl)C1C. The average molecular weight is 352 g/mol. The average Bonchev–Trinajstić information content (AvgIpc) is 2.52. The maximum atomic E-state index is 6.28. The van der Waals surface area contributed by atoms with Crippen molar-refractivity contribution in [3.8, 4) is 0 Å². The Morgan fingerprint density at radius 2 is 1.83 bits per heavy atom. The molecule has 5 unspecified atom stereocenters. The molecule has 0 saturated carbocycles. The molecule has 0 bridgehead atoms. The zero-order valence-electron chi connectivity index (χ0n) is 10.7. The van der Waals surface area contributed by atoms with Crippen molar-refractivity contribution in [2.24, 2.45) is 11.8 Å². The van der Waals surface area contributed by atoms with Gasteiger partial charge in [-0.15, -0.1) is 0 Å². The third-order valence-corrected chi connectivity index (χ3v) is 5.58. The minimum atomic E-state index is 0.192. The molecular weight excluding hydrogens is 335 g/mol. The Morgan fingerprint density at radius 1 is 1.17 bits per heavy atom. The summed E-state index contributed by atoms with van der Waals surface area (Å²) in [5.41, 5.74) is 1.09. The van der Waals surface area contributed by atoms with E-state index in [9.17, 15) is 0 Å². The first-order valence-corrected chi connectivity index (χ1v) is 7.83. The van der Waals surface area contributed by atoms with E-state index in [4.69, 9.17) is 27.9 Å². The minimum Gasteiger partial charge on any atom is -0.375 e. The highest BCUT2D eigenvalue weighted by Crippen LogP contribution is 2.46. The topological polar surface area (TPSA) is 9.23 Å². The molecule has 2 rings (SSSR count). The predicted molar refractivity (Wildman–Crippen MR) is 80.8 cm³/mol. The van der Waals surface area contributed by atoms with Gasteiger partial charge >= 0.3 is 0 Å². The third-order valence-electron chi connectivity index (χ3n) is 3.92. The first kappa shape index (κ1) is 14.6. The first-order valence-electron chi connectivity index (χ1n) is 6.16. The van der Waals surface area contributed by atoms with Crippen LogP contribution in [0.3, 0.4) is 0 Å². The van der Waals surface area contributed by atoms with Crippen LogP contribution in [0.25, 0.3) is 0 Å². The fourth-order valence-corrected chi connectivity index (χ4v) is 4.70. The van der Waals surface area contributed by atoms with Gasteiger partial charge in [-0.1, -0.05) is 52.1 Å². The lowest BCUT2D eigenvalue weighted by atomic mass is 9.84. The Balaban J connectivity index is 2.28. The molecule has 1 fully saturated rings. The molecule has 1 saturated heterocycles. The molecule has 5 atom stereocenters. The number of rotatable bonds is 2. The van der Waals surface area contributed by atoms with Crippen molar-refractivity contribution >= 4 is 39.1 Å². The molecule has 1 aliphatic rings. The number of hydrogen-bond donors (Lipinski definition) is 0. The van der Waals surface area contributed by atoms with E-state index in [-0.39, 0.29) is 17.0 Å². The van der Waals surface area contributed by atoms with Crippen LogP contribution in [-0.4, -0.2) is 12.2 Å². The molecule has 1 aromatic rings. The molecule has 1 nitrogen and oxygen atoms in total. The third kappa shape index (κ3) is 2.72. The second-order valence-corrected chi connectivity index (χ2v) is 6.88. The summed E-state index contributed by atoms with van der Waals surface area (Å²) in [7, 11) is 0. The second kappa shape index (κ2) is 5.70. The summed E-state index contributed by atoms with van der Waals surface area (Å²) < 4.78 is 5.89. The standard InChI is InChI=1S/C14H17BrCl2O/c1-7-8(2)18-9(3)13(7)14(15)11-5-4-10(16)6-12(11)17/h4-9,13-14H,1-3H3. The molecule has 4 heteroatoms. The molecule has 100 valence electrons. The van der Waals surface area contributed by atoms with E-state index < -0.39 is 0 Å². The van der Waals surface area contributed by atoms with Gasteiger partial charge in [0, 0.05) is 20.8 Å². The van der Waals surface area contributed by atoms with E-state index in [0.717, 1.165) is 5.56 Å². The molecule has 0 aromatic heterocycles. The van der Waals surface area contributed by atoms with Gasteiger partial charge in [-0.25, -0.2) is 0 Å². The van der Waals surface area contributed by atoms with Gasteiger partial charge in [0.15, 0.2) is 0 Å². The van der Waals surface area contributed by atoms with Crippen LogP contribution in [0.4, 0.5) is 0 Å². The quantitative estimate of drug-likeness (QED) is 0.640. The zero-order valence-corrected chi connectivity index (χ0v) is 13.8. The summed E-state index contributed by atoms with van der Waals surface area (Å²) >= 11 is 16.0. The fourth-order valence-electron chi connectivity index (χ4n) is 2.73. The van der Waals surface area contributed by atoms with Crippen LogP contribution in [-0.2, 0) is 4.74 Å². The second-order valence-electron chi connectivity index (χ2n) is 5.05. The molecule has 1 heterocycles. The van der Waals surface area contributed by atoms with Crippen LogP contribution in [0.5, 0.6) is 0 Å². The van der Waals surface area contributed by atoms with E-state index >= 15 is 0 Å². The molecule has 0 aliphatic carbocycles. The lowest BCUT2D eigenvalue weighted by Crippen LogP contribution is -2.22. The lowest BCUT2D eigenvalue weighted by Gasteiger charge is -2.25. The van der Waals surface area contributed by atoms with E-state index in [1.54, 1.807) is 6.07 Å². The van der Waals surface area contributed by atoms with Gasteiger partial charge in [-0.3, -0.25) is 0 Å². The molecular formula is C14H17BrCl2O. The number of ether oxygens (including phenoxy) is 1. The van der Waals surface area contributed by atoms with Crippen LogP contribution in [0, 0.1) is 11.8 Å². The van der Waals surface area contributed by atoms with E-state index in [1.165, 1.54) is 0 Å². The highest BCUT2D eigenvalue weighted by molar-refractivity contribution is 9.09. The van der Waals surface area contributed by atoms with Crippen molar-refractivity contribution in [2.45, 2.75) is 37.8 Å². The molecule has 18 heavy (non-hydrogen) atoms. The van der Waals surface area contributed by atoms with Crippen molar-refractivity contribution in [3.05, 3.63) is 33.8 Å². The first-order chi connectivity index (χ1) is 8.41. The summed E-state index contributed by atoms with van der Waals surface area (Å²) in [6.07, 6.45) is 0.516. The number of benzene rings is 1. The van der Waals surface area contributed by atoms with Crippen LogP contribution in [0.15, 0.2) is 18.2 Å². The van der Waals surface area contributed by atoms with Crippen LogP contribution >= 0.6 is 39.1 Å². The van der Waals surface area contributed by atoms with Gasteiger partial charge in [0.2, 0.25) is 0 Å². The van der Waals surface area contributed by atoms with Crippen molar-refractivity contribution in [3.63, 3.8) is 0 Å². The van der Waals surface area contributed by atoms with Crippen molar-refractivity contribution in [1.82, 2.24) is 0 Å². The normalized spacial score (nSPS) is 33.7. The van der Waals surface area contributed by atoms with Crippen molar-refractivity contribution < 1.29 is 4.74 Å². The van der Waals surface area contributed by atoms with Crippen molar-refractivity contribution in [2.75, 3.05) is 0 Å². The molecule has 0 spiro atoms. The number of hydrogen-bond acceptors (Lipinski definition) is 1. The molecule has 0 N–H and O–H groups in total. The van der Waals surface area contributed by atoms with Crippen LogP contribution in [0.2, 0.25) is 10.0 Å². The fraction of sp³-hybridized carbons (Fsp3) is 0.571. The molecule has 1 aliphatic heterocycles. The van der Waals surface area contributed by atoms with Gasteiger partial charge < -0.3 is 4.74 Å². The Bertz CT molecular complexity index is 438. The van der Waals surface area contributed by atoms with E-state index in [0.29, 0.717) is 21.9 Å².